The predicted octanol–water partition coefficient (Wildman–Crippen LogP) is 5.18. The number of rotatable bonds is 8. The highest BCUT2D eigenvalue weighted by atomic mass is 16.5. The van der Waals surface area contributed by atoms with Gasteiger partial charge in [-0.25, -0.2) is 0 Å². The number of hydrogen-bond donors (Lipinski definition) is 1. The fraction of sp³-hybridized carbons (Fsp3) is 0.310. The van der Waals surface area contributed by atoms with Crippen LogP contribution in [0.3, 0.4) is 0 Å². The van der Waals surface area contributed by atoms with E-state index in [0.717, 1.165) is 36.4 Å². The topological polar surface area (TPSA) is 61.9 Å². The van der Waals surface area contributed by atoms with Crippen LogP contribution in [0.15, 0.2) is 78.9 Å². The minimum atomic E-state index is -0.197. The lowest BCUT2D eigenvalue weighted by atomic mass is 9.99. The number of amides is 2. The van der Waals surface area contributed by atoms with E-state index >= 15 is 0 Å². The second kappa shape index (κ2) is 11.6. The minimum absolute atomic E-state index is 0.0398. The molecule has 6 heteroatoms. The molecule has 182 valence electrons. The van der Waals surface area contributed by atoms with Crippen LogP contribution >= 0.6 is 0 Å². The molecule has 1 aliphatic rings. The lowest BCUT2D eigenvalue weighted by molar-refractivity contribution is -0.118. The van der Waals surface area contributed by atoms with Crippen molar-refractivity contribution < 1.29 is 14.3 Å². The average molecular weight is 472 g/mol. The van der Waals surface area contributed by atoms with Crippen LogP contribution in [0.2, 0.25) is 0 Å². The van der Waals surface area contributed by atoms with Gasteiger partial charge in [0.05, 0.1) is 0 Å². The van der Waals surface area contributed by atoms with E-state index in [9.17, 15) is 9.59 Å². The summed E-state index contributed by atoms with van der Waals surface area (Å²) < 4.78 is 5.64. The maximum absolute atomic E-state index is 12.6. The molecule has 0 saturated carbocycles. The summed E-state index contributed by atoms with van der Waals surface area (Å²) in [6.45, 7) is 7.23. The molecule has 1 atom stereocenters. The van der Waals surface area contributed by atoms with Crippen LogP contribution in [0.4, 0.5) is 11.4 Å². The highest BCUT2D eigenvalue weighted by Crippen LogP contribution is 2.22. The summed E-state index contributed by atoms with van der Waals surface area (Å²) in [7, 11) is 0. The third kappa shape index (κ3) is 6.41. The zero-order valence-electron chi connectivity index (χ0n) is 20.4. The maximum atomic E-state index is 12.6. The summed E-state index contributed by atoms with van der Waals surface area (Å²) in [4.78, 5) is 29.1. The number of benzene rings is 3. The van der Waals surface area contributed by atoms with Crippen LogP contribution in [-0.2, 0) is 4.79 Å². The highest BCUT2D eigenvalue weighted by molar-refractivity contribution is 5.94. The third-order valence-corrected chi connectivity index (χ3v) is 6.54. The number of nitrogens with one attached hydrogen (secondary N) is 1. The summed E-state index contributed by atoms with van der Waals surface area (Å²) in [6, 6.07) is 25.1. The zero-order chi connectivity index (χ0) is 24.6. The van der Waals surface area contributed by atoms with Crippen LogP contribution in [0.5, 0.6) is 5.75 Å². The summed E-state index contributed by atoms with van der Waals surface area (Å²) in [5.74, 6) is 1.08. The van der Waals surface area contributed by atoms with E-state index in [1.807, 2.05) is 71.6 Å². The number of nitrogens with zero attached hydrogens (tertiary/aromatic N) is 2. The summed E-state index contributed by atoms with van der Waals surface area (Å²) >= 11 is 0. The molecule has 1 N–H and O–H groups in total. The Bertz CT molecular complexity index is 1110. The lowest BCUT2D eigenvalue weighted by Gasteiger charge is -2.36. The molecule has 1 aliphatic heterocycles. The van der Waals surface area contributed by atoms with Gasteiger partial charge in [0.1, 0.15) is 5.75 Å². The zero-order valence-corrected chi connectivity index (χ0v) is 20.4. The van der Waals surface area contributed by atoms with Crippen molar-refractivity contribution >= 4 is 23.2 Å². The molecular formula is C29H33N3O3. The normalized spacial score (nSPS) is 14.3. The van der Waals surface area contributed by atoms with Crippen molar-refractivity contribution in [3.8, 4) is 5.75 Å². The summed E-state index contributed by atoms with van der Waals surface area (Å²) in [5, 5.41) is 2.89. The van der Waals surface area contributed by atoms with Gasteiger partial charge in [-0.15, -0.1) is 0 Å². The smallest absolute Gasteiger partial charge is 0.262 e. The van der Waals surface area contributed by atoms with Gasteiger partial charge in [0, 0.05) is 43.1 Å². The van der Waals surface area contributed by atoms with Gasteiger partial charge >= 0.3 is 0 Å². The second-order valence-electron chi connectivity index (χ2n) is 8.91. The summed E-state index contributed by atoms with van der Waals surface area (Å²) in [6.07, 6.45) is 1.09. The van der Waals surface area contributed by atoms with E-state index in [-0.39, 0.29) is 18.4 Å². The highest BCUT2D eigenvalue weighted by Gasteiger charge is 2.22. The first kappa shape index (κ1) is 24.3. The average Bonchev–Trinajstić information content (AvgIpc) is 2.92. The molecule has 0 unspecified atom stereocenters. The van der Waals surface area contributed by atoms with Crippen molar-refractivity contribution in [3.63, 3.8) is 0 Å². The molecule has 1 fully saturated rings. The molecule has 1 heterocycles. The first-order chi connectivity index (χ1) is 17.0. The van der Waals surface area contributed by atoms with E-state index in [1.54, 1.807) is 0 Å². The fourth-order valence-corrected chi connectivity index (χ4v) is 4.16. The van der Waals surface area contributed by atoms with Gasteiger partial charge in [0.15, 0.2) is 6.61 Å². The molecule has 2 amide bonds. The molecular weight excluding hydrogens is 438 g/mol. The molecule has 3 aromatic rings. The van der Waals surface area contributed by atoms with Gasteiger partial charge in [0.25, 0.3) is 11.8 Å². The molecule has 0 aliphatic carbocycles. The van der Waals surface area contributed by atoms with Crippen molar-refractivity contribution in [1.82, 2.24) is 4.90 Å². The van der Waals surface area contributed by atoms with Gasteiger partial charge in [-0.05, 0) is 66.4 Å². The van der Waals surface area contributed by atoms with Crippen LogP contribution < -0.4 is 15.0 Å². The first-order valence-corrected chi connectivity index (χ1v) is 12.3. The van der Waals surface area contributed by atoms with Gasteiger partial charge in [0.2, 0.25) is 0 Å². The van der Waals surface area contributed by atoms with Crippen LogP contribution in [-0.4, -0.2) is 49.5 Å². The van der Waals surface area contributed by atoms with E-state index in [2.05, 4.69) is 36.2 Å². The molecule has 35 heavy (non-hydrogen) atoms. The quantitative estimate of drug-likeness (QED) is 0.492. The predicted molar refractivity (Wildman–Crippen MR) is 140 cm³/mol. The number of carbonyl (C=O) groups is 2. The maximum Gasteiger partial charge on any atom is 0.262 e. The number of carbonyl (C=O) groups excluding carboxylic acids is 2. The Morgan fingerprint density at radius 2 is 1.54 bits per heavy atom. The Balaban J connectivity index is 1.23. The first-order valence-electron chi connectivity index (χ1n) is 12.3. The molecule has 0 aromatic heterocycles. The van der Waals surface area contributed by atoms with E-state index in [4.69, 9.17) is 4.74 Å². The second-order valence-corrected chi connectivity index (χ2v) is 8.91. The number of hydrogen-bond acceptors (Lipinski definition) is 4. The van der Waals surface area contributed by atoms with Gasteiger partial charge < -0.3 is 19.9 Å². The third-order valence-electron chi connectivity index (χ3n) is 6.54. The molecule has 1 saturated heterocycles. The largest absolute Gasteiger partial charge is 0.484 e. The standard InChI is InChI=1S/C29H33N3O3/c1-3-22(2)23-9-15-27(16-10-23)35-21-28(33)30-25-11-13-26(14-12-25)31-17-19-32(20-18-31)29(34)24-7-5-4-6-8-24/h4-16,22H,3,17-21H2,1-2H3,(H,30,33)/t22-/m0/s1. The number of anilines is 2. The van der Waals surface area contributed by atoms with Crippen LogP contribution in [0.1, 0.15) is 42.1 Å². The SMILES string of the molecule is CC[C@H](C)c1ccc(OCC(=O)Nc2ccc(N3CCN(C(=O)c4ccccc4)CC3)cc2)cc1. The van der Waals surface area contributed by atoms with Gasteiger partial charge in [-0.1, -0.05) is 44.2 Å². The monoisotopic (exact) mass is 471 g/mol. The molecule has 0 bridgehead atoms. The van der Waals surface area contributed by atoms with Crippen molar-refractivity contribution in [1.29, 1.82) is 0 Å². The molecule has 0 spiro atoms. The Morgan fingerprint density at radius 3 is 2.17 bits per heavy atom. The van der Waals surface area contributed by atoms with Gasteiger partial charge in [-0.2, -0.15) is 0 Å². The molecule has 0 radical (unpaired) electrons. The molecule has 6 nitrogen and oxygen atoms in total. The number of ether oxygens (including phenoxy) is 1. The minimum Gasteiger partial charge on any atom is -0.484 e. The number of piperazine rings is 1. The molecule has 4 rings (SSSR count). The fourth-order valence-electron chi connectivity index (χ4n) is 4.16. The van der Waals surface area contributed by atoms with Crippen LogP contribution in [0.25, 0.3) is 0 Å². The van der Waals surface area contributed by atoms with E-state index in [0.29, 0.717) is 24.8 Å². The summed E-state index contributed by atoms with van der Waals surface area (Å²) in [5.41, 5.74) is 3.81. The van der Waals surface area contributed by atoms with E-state index in [1.165, 1.54) is 5.56 Å². The molecule has 3 aromatic carbocycles. The lowest BCUT2D eigenvalue weighted by Crippen LogP contribution is -2.48. The van der Waals surface area contributed by atoms with E-state index < -0.39 is 0 Å². The Kier molecular flexibility index (Phi) is 8.03. The van der Waals surface area contributed by atoms with Crippen molar-refractivity contribution in [2.75, 3.05) is 43.0 Å². The van der Waals surface area contributed by atoms with Crippen molar-refractivity contribution in [2.24, 2.45) is 0 Å². The van der Waals surface area contributed by atoms with Crippen LogP contribution in [0, 0.1) is 0 Å². The Morgan fingerprint density at radius 1 is 0.886 bits per heavy atom. The van der Waals surface area contributed by atoms with Crippen molar-refractivity contribution in [2.45, 2.75) is 26.2 Å². The van der Waals surface area contributed by atoms with Gasteiger partial charge in [-0.3, -0.25) is 9.59 Å². The Hall–Kier alpha value is -3.80. The Labute approximate surface area is 207 Å². The van der Waals surface area contributed by atoms with Crippen molar-refractivity contribution in [3.05, 3.63) is 90.0 Å².